The maximum Gasteiger partial charge on any atom is 0.255 e. The third kappa shape index (κ3) is 5.14. The summed E-state index contributed by atoms with van der Waals surface area (Å²) in [6, 6.07) is 13.6. The average molecular weight is 388 g/mol. The molecule has 1 aromatic carbocycles. The van der Waals surface area contributed by atoms with E-state index in [0.717, 1.165) is 30.4 Å². The van der Waals surface area contributed by atoms with E-state index in [1.54, 1.807) is 0 Å². The Bertz CT molecular complexity index is 913. The molecule has 1 atom stereocenters. The Morgan fingerprint density at radius 1 is 1.22 bits per heavy atom. The van der Waals surface area contributed by atoms with E-state index in [2.05, 4.69) is 9.71 Å². The Morgan fingerprint density at radius 2 is 1.96 bits per heavy atom. The third-order valence-electron chi connectivity index (χ3n) is 4.83. The number of likely N-dealkylation sites (tertiary alicyclic amines) is 1. The first kappa shape index (κ1) is 19.5. The number of amides is 1. The molecule has 1 aliphatic rings. The quantitative estimate of drug-likeness (QED) is 0.855. The van der Waals surface area contributed by atoms with Gasteiger partial charge in [0, 0.05) is 25.2 Å². The summed E-state index contributed by atoms with van der Waals surface area (Å²) in [4.78, 5) is 19.4. The number of rotatable bonds is 5. The molecule has 0 radical (unpaired) electrons. The molecule has 144 valence electrons. The number of benzene rings is 1. The summed E-state index contributed by atoms with van der Waals surface area (Å²) in [5.41, 5.74) is 3.17. The molecule has 1 N–H and O–H groups in total. The van der Waals surface area contributed by atoms with Crippen LogP contribution in [-0.4, -0.2) is 50.1 Å². The van der Waals surface area contributed by atoms with Crippen LogP contribution in [0.15, 0.2) is 42.5 Å². The number of pyridine rings is 1. The fourth-order valence-corrected chi connectivity index (χ4v) is 3.95. The Labute approximate surface area is 160 Å². The predicted octanol–water partition coefficient (Wildman–Crippen LogP) is 2.46. The molecule has 7 heteroatoms. The molecule has 1 saturated heterocycles. The molecule has 1 fully saturated rings. The Hall–Kier alpha value is -2.25. The van der Waals surface area contributed by atoms with E-state index in [1.807, 2.05) is 54.3 Å². The first-order chi connectivity index (χ1) is 12.8. The summed E-state index contributed by atoms with van der Waals surface area (Å²) >= 11 is 0. The molecule has 1 aromatic heterocycles. The fourth-order valence-electron chi connectivity index (χ4n) is 3.41. The van der Waals surface area contributed by atoms with Gasteiger partial charge in [0.2, 0.25) is 10.0 Å². The monoisotopic (exact) mass is 387 g/mol. The largest absolute Gasteiger partial charge is 0.338 e. The second-order valence-electron chi connectivity index (χ2n) is 7.08. The van der Waals surface area contributed by atoms with Gasteiger partial charge >= 0.3 is 0 Å². The van der Waals surface area contributed by atoms with Crippen molar-refractivity contribution in [3.05, 3.63) is 53.7 Å². The highest BCUT2D eigenvalue weighted by atomic mass is 32.2. The van der Waals surface area contributed by atoms with Crippen LogP contribution < -0.4 is 4.72 Å². The number of piperidine rings is 1. The van der Waals surface area contributed by atoms with Crippen LogP contribution in [0.25, 0.3) is 11.3 Å². The van der Waals surface area contributed by atoms with Crippen molar-refractivity contribution in [2.75, 3.05) is 25.9 Å². The van der Waals surface area contributed by atoms with Crippen LogP contribution in [0.3, 0.4) is 0 Å². The van der Waals surface area contributed by atoms with Crippen LogP contribution >= 0.6 is 0 Å². The Kier molecular flexibility index (Phi) is 5.92. The fraction of sp³-hybridized carbons (Fsp3) is 0.400. The highest BCUT2D eigenvalue weighted by molar-refractivity contribution is 7.88. The van der Waals surface area contributed by atoms with Gasteiger partial charge in [0.25, 0.3) is 5.91 Å². The number of nitrogens with one attached hydrogen (secondary N) is 1. The number of hydrogen-bond acceptors (Lipinski definition) is 4. The SMILES string of the molecule is Cc1nc(-c2ccccc2)ccc1C(=O)N1CCC[C@H](CNS(C)(=O)=O)C1. The summed E-state index contributed by atoms with van der Waals surface area (Å²) in [5, 5.41) is 0. The lowest BCUT2D eigenvalue weighted by molar-refractivity contribution is 0.0675. The number of carbonyl (C=O) groups excluding carboxylic acids is 1. The zero-order valence-corrected chi connectivity index (χ0v) is 16.5. The van der Waals surface area contributed by atoms with Gasteiger partial charge in [-0.25, -0.2) is 13.1 Å². The number of hydrogen-bond donors (Lipinski definition) is 1. The lowest BCUT2D eigenvalue weighted by atomic mass is 9.97. The topological polar surface area (TPSA) is 79.4 Å². The summed E-state index contributed by atoms with van der Waals surface area (Å²) in [7, 11) is -3.21. The molecule has 1 amide bonds. The molecule has 27 heavy (non-hydrogen) atoms. The number of sulfonamides is 1. The summed E-state index contributed by atoms with van der Waals surface area (Å²) in [5.74, 6) is 0.0953. The highest BCUT2D eigenvalue weighted by Gasteiger charge is 2.26. The molecule has 0 saturated carbocycles. The molecule has 2 heterocycles. The predicted molar refractivity (Wildman–Crippen MR) is 106 cm³/mol. The standard InChI is InChI=1S/C20H25N3O3S/c1-15-18(10-11-19(22-15)17-8-4-3-5-9-17)20(24)23-12-6-7-16(14-23)13-21-27(2,25)26/h3-5,8-11,16,21H,6-7,12-14H2,1-2H3/t16-/m1/s1. The molecular formula is C20H25N3O3S. The molecule has 3 rings (SSSR count). The van der Waals surface area contributed by atoms with Crippen LogP contribution in [0, 0.1) is 12.8 Å². The molecule has 6 nitrogen and oxygen atoms in total. The van der Waals surface area contributed by atoms with Crippen molar-refractivity contribution in [1.29, 1.82) is 0 Å². The zero-order chi connectivity index (χ0) is 19.4. The van der Waals surface area contributed by atoms with Crippen molar-refractivity contribution >= 4 is 15.9 Å². The number of aromatic nitrogens is 1. The van der Waals surface area contributed by atoms with E-state index >= 15 is 0 Å². The van der Waals surface area contributed by atoms with E-state index in [-0.39, 0.29) is 11.8 Å². The van der Waals surface area contributed by atoms with Gasteiger partial charge in [-0.2, -0.15) is 0 Å². The smallest absolute Gasteiger partial charge is 0.255 e. The van der Waals surface area contributed by atoms with Crippen LogP contribution in [-0.2, 0) is 10.0 Å². The zero-order valence-electron chi connectivity index (χ0n) is 15.7. The minimum atomic E-state index is -3.21. The van der Waals surface area contributed by atoms with Gasteiger partial charge in [-0.05, 0) is 37.8 Å². The minimum Gasteiger partial charge on any atom is -0.338 e. The first-order valence-electron chi connectivity index (χ1n) is 9.10. The van der Waals surface area contributed by atoms with Gasteiger partial charge in [-0.15, -0.1) is 0 Å². The van der Waals surface area contributed by atoms with Crippen molar-refractivity contribution in [3.8, 4) is 11.3 Å². The van der Waals surface area contributed by atoms with Crippen molar-refractivity contribution in [1.82, 2.24) is 14.6 Å². The normalized spacial score (nSPS) is 17.7. The van der Waals surface area contributed by atoms with E-state index in [9.17, 15) is 13.2 Å². The number of aryl methyl sites for hydroxylation is 1. The van der Waals surface area contributed by atoms with Gasteiger partial charge in [-0.1, -0.05) is 30.3 Å². The molecule has 0 spiro atoms. The lowest BCUT2D eigenvalue weighted by Gasteiger charge is -2.33. The second-order valence-corrected chi connectivity index (χ2v) is 8.91. The van der Waals surface area contributed by atoms with Crippen molar-refractivity contribution < 1.29 is 13.2 Å². The van der Waals surface area contributed by atoms with Crippen LogP contribution in [0.5, 0.6) is 0 Å². The maximum absolute atomic E-state index is 13.0. The molecule has 0 bridgehead atoms. The van der Waals surface area contributed by atoms with Crippen LogP contribution in [0.2, 0.25) is 0 Å². The van der Waals surface area contributed by atoms with E-state index in [1.165, 1.54) is 0 Å². The maximum atomic E-state index is 13.0. The first-order valence-corrected chi connectivity index (χ1v) is 11.0. The molecule has 2 aromatic rings. The van der Waals surface area contributed by atoms with Gasteiger partial charge in [0.1, 0.15) is 0 Å². The van der Waals surface area contributed by atoms with Gasteiger partial charge in [0.15, 0.2) is 0 Å². The Balaban J connectivity index is 1.71. The minimum absolute atomic E-state index is 0.0383. The molecule has 1 aliphatic heterocycles. The van der Waals surface area contributed by atoms with Crippen molar-refractivity contribution in [2.24, 2.45) is 5.92 Å². The van der Waals surface area contributed by atoms with E-state index in [4.69, 9.17) is 0 Å². The van der Waals surface area contributed by atoms with Gasteiger partial charge in [0.05, 0.1) is 23.2 Å². The molecular weight excluding hydrogens is 362 g/mol. The van der Waals surface area contributed by atoms with Gasteiger partial charge < -0.3 is 4.90 Å². The van der Waals surface area contributed by atoms with Gasteiger partial charge in [-0.3, -0.25) is 9.78 Å². The van der Waals surface area contributed by atoms with E-state index in [0.29, 0.717) is 30.9 Å². The second kappa shape index (κ2) is 8.19. The van der Waals surface area contributed by atoms with Crippen molar-refractivity contribution in [2.45, 2.75) is 19.8 Å². The number of carbonyl (C=O) groups is 1. The highest BCUT2D eigenvalue weighted by Crippen LogP contribution is 2.22. The van der Waals surface area contributed by atoms with E-state index < -0.39 is 10.0 Å². The van der Waals surface area contributed by atoms with Crippen molar-refractivity contribution in [3.63, 3.8) is 0 Å². The summed E-state index contributed by atoms with van der Waals surface area (Å²) in [6.45, 7) is 3.47. The Morgan fingerprint density at radius 3 is 2.63 bits per heavy atom. The average Bonchev–Trinajstić information content (AvgIpc) is 2.66. The van der Waals surface area contributed by atoms with Crippen LogP contribution in [0.4, 0.5) is 0 Å². The lowest BCUT2D eigenvalue weighted by Crippen LogP contribution is -2.43. The molecule has 0 unspecified atom stereocenters. The molecule has 0 aliphatic carbocycles. The third-order valence-corrected chi connectivity index (χ3v) is 5.52. The van der Waals surface area contributed by atoms with Crippen LogP contribution in [0.1, 0.15) is 28.9 Å². The number of nitrogens with zero attached hydrogens (tertiary/aromatic N) is 2. The summed E-state index contributed by atoms with van der Waals surface area (Å²) in [6.07, 6.45) is 2.94. The summed E-state index contributed by atoms with van der Waals surface area (Å²) < 4.78 is 25.2.